The van der Waals surface area contributed by atoms with Crippen molar-refractivity contribution in [3.05, 3.63) is 77.4 Å². The maximum atomic E-state index is 4.39. The van der Waals surface area contributed by atoms with Crippen LogP contribution in [0.4, 0.5) is 0 Å². The number of hydrogen-bond donors (Lipinski definition) is 2. The molecule has 2 N–H and O–H groups in total. The highest BCUT2D eigenvalue weighted by atomic mass is 15.0. The number of hydrogen-bond acceptors (Lipinski definition) is 3. The quantitative estimate of drug-likeness (QED) is 0.201. The Labute approximate surface area is 183 Å². The number of allylic oxidation sites excluding steroid dienone is 8. The molecule has 0 amide bonds. The summed E-state index contributed by atoms with van der Waals surface area (Å²) in [5.74, 6) is 1.16. The van der Waals surface area contributed by atoms with Crippen LogP contribution in [0.5, 0.6) is 0 Å². The first-order valence-electron chi connectivity index (χ1n) is 10.9. The molecule has 0 fully saturated rings. The third-order valence-electron chi connectivity index (χ3n) is 4.46. The molecule has 0 aromatic heterocycles. The van der Waals surface area contributed by atoms with E-state index in [1.54, 1.807) is 13.2 Å². The maximum Gasteiger partial charge on any atom is 0.132 e. The molecule has 0 radical (unpaired) electrons. The van der Waals surface area contributed by atoms with E-state index in [0.717, 1.165) is 49.3 Å². The lowest BCUT2D eigenvalue weighted by Gasteiger charge is -2.08. The van der Waals surface area contributed by atoms with E-state index >= 15 is 0 Å². The highest BCUT2D eigenvalue weighted by Gasteiger charge is 2.03. The van der Waals surface area contributed by atoms with Crippen LogP contribution in [-0.4, -0.2) is 32.7 Å². The molecule has 0 aliphatic heterocycles. The highest BCUT2D eigenvalue weighted by molar-refractivity contribution is 5.93. The molecule has 0 saturated heterocycles. The van der Waals surface area contributed by atoms with Crippen molar-refractivity contribution in [2.24, 2.45) is 15.9 Å². The maximum absolute atomic E-state index is 4.39. The zero-order valence-electron chi connectivity index (χ0n) is 19.3. The second-order valence-electron chi connectivity index (χ2n) is 7.20. The Morgan fingerprint density at radius 2 is 2.10 bits per heavy atom. The van der Waals surface area contributed by atoms with Crippen LogP contribution in [0.2, 0.25) is 0 Å². The van der Waals surface area contributed by atoms with Crippen molar-refractivity contribution in [2.75, 3.05) is 20.6 Å². The van der Waals surface area contributed by atoms with Gasteiger partial charge >= 0.3 is 0 Å². The Morgan fingerprint density at radius 3 is 2.80 bits per heavy atom. The van der Waals surface area contributed by atoms with E-state index in [1.807, 2.05) is 26.3 Å². The summed E-state index contributed by atoms with van der Waals surface area (Å²) in [6, 6.07) is 0. The van der Waals surface area contributed by atoms with Crippen LogP contribution in [0.1, 0.15) is 46.5 Å². The molecule has 4 nitrogen and oxygen atoms in total. The van der Waals surface area contributed by atoms with Crippen LogP contribution in [0.15, 0.2) is 87.4 Å². The second-order valence-corrected chi connectivity index (χ2v) is 7.20. The Hall–Kier alpha value is -2.68. The Kier molecular flexibility index (Phi) is 13.7. The van der Waals surface area contributed by atoms with E-state index in [0.29, 0.717) is 5.92 Å². The molecule has 30 heavy (non-hydrogen) atoms. The van der Waals surface area contributed by atoms with Gasteiger partial charge in [-0.1, -0.05) is 74.1 Å². The Morgan fingerprint density at radius 1 is 1.27 bits per heavy atom. The van der Waals surface area contributed by atoms with Gasteiger partial charge in [0.05, 0.1) is 6.20 Å². The molecule has 0 saturated carbocycles. The standard InChI is InChI=1S/C26H38N4/c1-6-8-11-25(12-9-7-2)30-26(28-5)13-10-17-29-21-24-15-14-23(16-18-27-4)19-22(3)20-24/h6,8,12-15,17,19-22,27H,7,9,11,16,18H2,1-5H3,(H,28,30)/b8-6-,25-12+,29-21?. The van der Waals surface area contributed by atoms with Crippen LogP contribution < -0.4 is 10.6 Å². The molecule has 1 unspecified atom stereocenters. The monoisotopic (exact) mass is 406 g/mol. The molecule has 0 aromatic carbocycles. The first-order chi connectivity index (χ1) is 14.6. The molecule has 4 heteroatoms. The summed E-state index contributed by atoms with van der Waals surface area (Å²) in [6.45, 7) is 7.40. The normalized spacial score (nSPS) is 17.6. The second kappa shape index (κ2) is 16.2. The topological polar surface area (TPSA) is 48.8 Å². The summed E-state index contributed by atoms with van der Waals surface area (Å²) in [7, 11) is 3.76. The molecular weight excluding hydrogens is 368 g/mol. The van der Waals surface area contributed by atoms with E-state index in [9.17, 15) is 0 Å². The smallest absolute Gasteiger partial charge is 0.132 e. The number of nitrogens with zero attached hydrogens (tertiary/aromatic N) is 2. The Balaban J connectivity index is 2.73. The van der Waals surface area contributed by atoms with Crippen molar-refractivity contribution in [1.82, 2.24) is 10.6 Å². The summed E-state index contributed by atoms with van der Waals surface area (Å²) < 4.78 is 0. The zero-order chi connectivity index (χ0) is 22.0. The summed E-state index contributed by atoms with van der Waals surface area (Å²) >= 11 is 0. The number of nitrogens with one attached hydrogen (secondary N) is 2. The molecule has 1 aliphatic carbocycles. The highest BCUT2D eigenvalue weighted by Crippen LogP contribution is 2.16. The first-order valence-corrected chi connectivity index (χ1v) is 10.9. The largest absolute Gasteiger partial charge is 0.344 e. The van der Waals surface area contributed by atoms with Crippen LogP contribution in [0.25, 0.3) is 0 Å². The number of unbranched alkanes of at least 4 members (excludes halogenated alkanes) is 1. The van der Waals surface area contributed by atoms with Crippen molar-refractivity contribution in [3.63, 3.8) is 0 Å². The molecule has 0 spiro atoms. The fraction of sp³-hybridized carbons (Fsp3) is 0.423. The lowest BCUT2D eigenvalue weighted by atomic mass is 10.1. The van der Waals surface area contributed by atoms with E-state index in [4.69, 9.17) is 0 Å². The summed E-state index contributed by atoms with van der Waals surface area (Å²) in [5, 5.41) is 6.58. The molecular formula is C26H38N4. The molecule has 1 rings (SSSR count). The van der Waals surface area contributed by atoms with Gasteiger partial charge in [0.2, 0.25) is 0 Å². The van der Waals surface area contributed by atoms with Gasteiger partial charge in [-0.2, -0.15) is 0 Å². The van der Waals surface area contributed by atoms with Gasteiger partial charge in [-0.05, 0) is 44.8 Å². The minimum Gasteiger partial charge on any atom is -0.344 e. The van der Waals surface area contributed by atoms with Crippen molar-refractivity contribution >= 4 is 12.1 Å². The van der Waals surface area contributed by atoms with Gasteiger partial charge in [-0.25, -0.2) is 0 Å². The van der Waals surface area contributed by atoms with Crippen molar-refractivity contribution in [1.29, 1.82) is 0 Å². The van der Waals surface area contributed by atoms with Crippen LogP contribution in [0.3, 0.4) is 0 Å². The van der Waals surface area contributed by atoms with Gasteiger partial charge in [-0.3, -0.25) is 9.98 Å². The van der Waals surface area contributed by atoms with Crippen LogP contribution in [-0.2, 0) is 0 Å². The van der Waals surface area contributed by atoms with Gasteiger partial charge < -0.3 is 10.6 Å². The predicted octanol–water partition coefficient (Wildman–Crippen LogP) is 5.66. The van der Waals surface area contributed by atoms with E-state index in [2.05, 4.69) is 82.7 Å². The minimum atomic E-state index is 0.390. The zero-order valence-corrected chi connectivity index (χ0v) is 19.3. The van der Waals surface area contributed by atoms with Gasteiger partial charge in [-0.15, -0.1) is 0 Å². The minimum absolute atomic E-state index is 0.390. The SMILES string of the molecule is C/C=C\C/C(=C\CCC)NC(C=C=CN=CC1=CC(C)C=C(CCNC)C=C1)=NC. The summed E-state index contributed by atoms with van der Waals surface area (Å²) in [4.78, 5) is 8.69. The van der Waals surface area contributed by atoms with Crippen molar-refractivity contribution < 1.29 is 0 Å². The third-order valence-corrected chi connectivity index (χ3v) is 4.46. The summed E-state index contributed by atoms with van der Waals surface area (Å²) in [6.07, 6.45) is 24.7. The average molecular weight is 407 g/mol. The van der Waals surface area contributed by atoms with Crippen molar-refractivity contribution in [3.8, 4) is 0 Å². The molecule has 1 aliphatic rings. The fourth-order valence-corrected chi connectivity index (χ4v) is 2.88. The average Bonchev–Trinajstić information content (AvgIpc) is 2.93. The van der Waals surface area contributed by atoms with Gasteiger partial charge in [0.15, 0.2) is 0 Å². The predicted molar refractivity (Wildman–Crippen MR) is 133 cm³/mol. The van der Waals surface area contributed by atoms with Gasteiger partial charge in [0.25, 0.3) is 0 Å². The molecule has 1 atom stereocenters. The van der Waals surface area contributed by atoms with E-state index in [1.165, 1.54) is 5.57 Å². The van der Waals surface area contributed by atoms with Crippen LogP contribution >= 0.6 is 0 Å². The van der Waals surface area contributed by atoms with Crippen LogP contribution in [0, 0.1) is 5.92 Å². The van der Waals surface area contributed by atoms with Gasteiger partial charge in [0.1, 0.15) is 5.84 Å². The number of aliphatic imine (C=N–C) groups is 2. The molecule has 0 heterocycles. The lowest BCUT2D eigenvalue weighted by Crippen LogP contribution is -2.20. The number of rotatable bonds is 11. The lowest BCUT2D eigenvalue weighted by molar-refractivity contribution is 0.786. The molecule has 162 valence electrons. The van der Waals surface area contributed by atoms with E-state index in [-0.39, 0.29) is 0 Å². The third kappa shape index (κ3) is 11.4. The van der Waals surface area contributed by atoms with E-state index < -0.39 is 0 Å². The first kappa shape index (κ1) is 25.4. The summed E-state index contributed by atoms with van der Waals surface area (Å²) in [5.41, 5.74) is 6.71. The van der Waals surface area contributed by atoms with Crippen molar-refractivity contribution in [2.45, 2.75) is 46.5 Å². The van der Waals surface area contributed by atoms with Gasteiger partial charge in [0, 0.05) is 31.5 Å². The fourth-order valence-electron chi connectivity index (χ4n) is 2.88. The Bertz CT molecular complexity index is 782. The molecule has 0 bridgehead atoms. The molecule has 0 aromatic rings. The number of amidine groups is 1.